The topological polar surface area (TPSA) is 35.8 Å². The smallest absolute Gasteiger partial charge is 0.0991 e. The lowest BCUT2D eigenvalue weighted by Gasteiger charge is -2.08. The minimum absolute atomic E-state index is 0.643. The Balaban J connectivity index is 2.23. The lowest BCUT2D eigenvalue weighted by Crippen LogP contribution is -1.91. The molecule has 17 heavy (non-hydrogen) atoms. The highest BCUT2D eigenvalue weighted by atomic mass is 127. The number of anilines is 2. The Labute approximate surface area is 118 Å². The summed E-state index contributed by atoms with van der Waals surface area (Å²) in [5.74, 6) is 0. The molecule has 2 aromatic carbocycles. The zero-order valence-electron chi connectivity index (χ0n) is 8.74. The summed E-state index contributed by atoms with van der Waals surface area (Å²) in [5, 5.41) is 12.6. The first kappa shape index (κ1) is 12.2. The summed E-state index contributed by atoms with van der Waals surface area (Å²) in [6, 6.07) is 15.1. The van der Waals surface area contributed by atoms with E-state index in [1.54, 1.807) is 12.1 Å². The van der Waals surface area contributed by atoms with Crippen LogP contribution in [0.15, 0.2) is 42.5 Å². The second-order valence-electron chi connectivity index (χ2n) is 3.44. The highest BCUT2D eigenvalue weighted by Crippen LogP contribution is 2.27. The van der Waals surface area contributed by atoms with E-state index in [1.807, 2.05) is 30.3 Å². The van der Waals surface area contributed by atoms with Gasteiger partial charge in [0.2, 0.25) is 0 Å². The van der Waals surface area contributed by atoms with Crippen LogP contribution in [-0.4, -0.2) is 0 Å². The molecule has 0 aromatic heterocycles. The van der Waals surface area contributed by atoms with Gasteiger partial charge >= 0.3 is 0 Å². The van der Waals surface area contributed by atoms with Gasteiger partial charge in [0.25, 0.3) is 0 Å². The number of hydrogen-bond donors (Lipinski definition) is 1. The first-order valence-corrected chi connectivity index (χ1v) is 6.37. The zero-order valence-corrected chi connectivity index (χ0v) is 11.7. The van der Waals surface area contributed by atoms with Gasteiger partial charge in [0, 0.05) is 9.26 Å². The Morgan fingerprint density at radius 2 is 1.82 bits per heavy atom. The van der Waals surface area contributed by atoms with Crippen molar-refractivity contribution in [2.24, 2.45) is 0 Å². The van der Waals surface area contributed by atoms with Gasteiger partial charge in [-0.15, -0.1) is 0 Å². The van der Waals surface area contributed by atoms with E-state index in [9.17, 15) is 0 Å². The van der Waals surface area contributed by atoms with E-state index in [-0.39, 0.29) is 0 Å². The molecule has 1 N–H and O–H groups in total. The number of nitriles is 1. The molecule has 0 amide bonds. The number of rotatable bonds is 2. The Kier molecular flexibility index (Phi) is 3.87. The van der Waals surface area contributed by atoms with Crippen LogP contribution < -0.4 is 5.32 Å². The molecule has 0 saturated heterocycles. The third kappa shape index (κ3) is 3.11. The number of hydrogen-bond acceptors (Lipinski definition) is 2. The lowest BCUT2D eigenvalue weighted by atomic mass is 10.2. The lowest BCUT2D eigenvalue weighted by molar-refractivity contribution is 1.47. The maximum atomic E-state index is 8.70. The molecule has 2 rings (SSSR count). The van der Waals surface area contributed by atoms with E-state index in [2.05, 4.69) is 34.0 Å². The summed E-state index contributed by atoms with van der Waals surface area (Å²) in [7, 11) is 0. The molecule has 0 spiro atoms. The van der Waals surface area contributed by atoms with Crippen molar-refractivity contribution in [2.75, 3.05) is 5.32 Å². The van der Waals surface area contributed by atoms with Crippen molar-refractivity contribution in [1.29, 1.82) is 5.26 Å². The van der Waals surface area contributed by atoms with Gasteiger partial charge in [-0.3, -0.25) is 0 Å². The second kappa shape index (κ2) is 5.39. The van der Waals surface area contributed by atoms with Crippen LogP contribution in [0.5, 0.6) is 0 Å². The number of nitrogens with zero attached hydrogens (tertiary/aromatic N) is 1. The number of halogens is 2. The normalized spacial score (nSPS) is 9.71. The molecule has 0 atom stereocenters. The van der Waals surface area contributed by atoms with Gasteiger partial charge in [-0.1, -0.05) is 11.6 Å². The summed E-state index contributed by atoms with van der Waals surface area (Å²) >= 11 is 8.33. The fourth-order valence-corrected chi connectivity index (χ4v) is 2.28. The molecule has 0 bridgehead atoms. The van der Waals surface area contributed by atoms with Crippen LogP contribution in [0, 0.1) is 14.9 Å². The summed E-state index contributed by atoms with van der Waals surface area (Å²) in [5.41, 5.74) is 2.41. The van der Waals surface area contributed by atoms with Crippen LogP contribution in [0.4, 0.5) is 11.4 Å². The summed E-state index contributed by atoms with van der Waals surface area (Å²) in [6.07, 6.45) is 0. The molecule has 84 valence electrons. The molecule has 0 saturated carbocycles. The molecule has 0 radical (unpaired) electrons. The van der Waals surface area contributed by atoms with E-state index >= 15 is 0 Å². The Morgan fingerprint density at radius 3 is 2.41 bits per heavy atom. The van der Waals surface area contributed by atoms with Crippen LogP contribution in [0.25, 0.3) is 0 Å². The van der Waals surface area contributed by atoms with Crippen molar-refractivity contribution in [1.82, 2.24) is 0 Å². The van der Waals surface area contributed by atoms with Gasteiger partial charge < -0.3 is 5.32 Å². The molecule has 0 aliphatic heterocycles. The molecule has 4 heteroatoms. The minimum atomic E-state index is 0.643. The number of benzene rings is 2. The van der Waals surface area contributed by atoms with Crippen molar-refractivity contribution < 1.29 is 0 Å². The van der Waals surface area contributed by atoms with Crippen LogP contribution in [0.2, 0.25) is 5.02 Å². The molecule has 0 fully saturated rings. The monoisotopic (exact) mass is 354 g/mol. The van der Waals surface area contributed by atoms with E-state index in [1.165, 1.54) is 0 Å². The maximum Gasteiger partial charge on any atom is 0.0991 e. The Morgan fingerprint density at radius 1 is 1.12 bits per heavy atom. The Hall–Kier alpha value is -1.25. The van der Waals surface area contributed by atoms with Crippen molar-refractivity contribution in [3.05, 3.63) is 56.6 Å². The average Bonchev–Trinajstić information content (AvgIpc) is 2.34. The van der Waals surface area contributed by atoms with E-state index < -0.39 is 0 Å². The van der Waals surface area contributed by atoms with Gasteiger partial charge in [-0.25, -0.2) is 0 Å². The van der Waals surface area contributed by atoms with Crippen LogP contribution >= 0.6 is 34.2 Å². The van der Waals surface area contributed by atoms with Crippen LogP contribution in [0.1, 0.15) is 5.56 Å². The quantitative estimate of drug-likeness (QED) is 0.803. The van der Waals surface area contributed by atoms with E-state index in [4.69, 9.17) is 16.9 Å². The van der Waals surface area contributed by atoms with Gasteiger partial charge in [-0.05, 0) is 65.1 Å². The molecule has 0 heterocycles. The first-order chi connectivity index (χ1) is 8.19. The largest absolute Gasteiger partial charge is 0.354 e. The molecular formula is C13H8ClIN2. The summed E-state index contributed by atoms with van der Waals surface area (Å²) in [6.45, 7) is 0. The molecule has 0 aliphatic carbocycles. The fraction of sp³-hybridized carbons (Fsp3) is 0. The van der Waals surface area contributed by atoms with E-state index in [0.717, 1.165) is 14.9 Å². The third-order valence-corrected chi connectivity index (χ3v) is 3.21. The van der Waals surface area contributed by atoms with Gasteiger partial charge in [0.1, 0.15) is 0 Å². The molecule has 0 aliphatic rings. The predicted molar refractivity (Wildman–Crippen MR) is 78.6 cm³/mol. The standard InChI is InChI=1S/C13H8ClIN2/c14-12-7-10(15)3-6-13(12)17-11-4-1-9(8-16)2-5-11/h1-7,17H. The Bertz CT molecular complexity index is 573. The molecule has 2 aromatic rings. The molecular weight excluding hydrogens is 347 g/mol. The van der Waals surface area contributed by atoms with Crippen molar-refractivity contribution >= 4 is 45.6 Å². The highest BCUT2D eigenvalue weighted by molar-refractivity contribution is 14.1. The molecule has 2 nitrogen and oxygen atoms in total. The fourth-order valence-electron chi connectivity index (χ4n) is 1.37. The van der Waals surface area contributed by atoms with E-state index in [0.29, 0.717) is 10.6 Å². The number of nitrogens with one attached hydrogen (secondary N) is 1. The van der Waals surface area contributed by atoms with Gasteiger partial charge in [-0.2, -0.15) is 5.26 Å². The van der Waals surface area contributed by atoms with Crippen LogP contribution in [-0.2, 0) is 0 Å². The van der Waals surface area contributed by atoms with Gasteiger partial charge in [0.15, 0.2) is 0 Å². The third-order valence-electron chi connectivity index (χ3n) is 2.22. The molecule has 0 unspecified atom stereocenters. The SMILES string of the molecule is N#Cc1ccc(Nc2ccc(I)cc2Cl)cc1. The highest BCUT2D eigenvalue weighted by Gasteiger charge is 2.01. The van der Waals surface area contributed by atoms with Crippen LogP contribution in [0.3, 0.4) is 0 Å². The minimum Gasteiger partial charge on any atom is -0.354 e. The summed E-state index contributed by atoms with van der Waals surface area (Å²) < 4.78 is 1.10. The average molecular weight is 355 g/mol. The van der Waals surface area contributed by atoms with Gasteiger partial charge in [0.05, 0.1) is 22.3 Å². The summed E-state index contributed by atoms with van der Waals surface area (Å²) in [4.78, 5) is 0. The first-order valence-electron chi connectivity index (χ1n) is 4.91. The van der Waals surface area contributed by atoms with Crippen molar-refractivity contribution in [2.45, 2.75) is 0 Å². The maximum absolute atomic E-state index is 8.70. The van der Waals surface area contributed by atoms with Crippen molar-refractivity contribution in [3.8, 4) is 6.07 Å². The van der Waals surface area contributed by atoms with Crippen molar-refractivity contribution in [3.63, 3.8) is 0 Å². The zero-order chi connectivity index (χ0) is 12.3. The second-order valence-corrected chi connectivity index (χ2v) is 5.09. The predicted octanol–water partition coefficient (Wildman–Crippen LogP) is 4.56.